The largest absolute Gasteiger partial charge is 0.610 e. The van der Waals surface area contributed by atoms with Gasteiger partial charge in [0, 0.05) is 95.8 Å². The van der Waals surface area contributed by atoms with Gasteiger partial charge < -0.3 is 88.3 Å². The number of hydrogen-bond donors (Lipinski definition) is 14. The third-order valence-electron chi connectivity index (χ3n) is 14.3. The molecule has 452 valence electrons. The minimum atomic E-state index is -2.42. The van der Waals surface area contributed by atoms with E-state index in [-0.39, 0.29) is 46.9 Å². The molecule has 0 aliphatic carbocycles. The normalized spacial score (nSPS) is 23.8. The van der Waals surface area contributed by atoms with Crippen LogP contribution < -0.4 is 53.4 Å². The number of benzene rings is 1. The highest BCUT2D eigenvalue weighted by Crippen LogP contribution is 2.38. The van der Waals surface area contributed by atoms with Crippen molar-refractivity contribution in [3.63, 3.8) is 0 Å². The second-order valence-electron chi connectivity index (χ2n) is 20.1. The molecular weight excluding hydrogens is 1120 g/mol. The van der Waals surface area contributed by atoms with Gasteiger partial charge in [0.05, 0.1) is 70.0 Å². The molecule has 1 saturated heterocycles. The van der Waals surface area contributed by atoms with E-state index in [0.717, 1.165) is 17.1 Å². The van der Waals surface area contributed by atoms with E-state index in [4.69, 9.17) is 16.2 Å². The molecule has 1 fully saturated rings. The third kappa shape index (κ3) is 17.8. The summed E-state index contributed by atoms with van der Waals surface area (Å²) in [4.78, 5) is 151. The number of carbonyl (C=O) groups is 11. The smallest absolute Gasteiger partial charge is 0.253 e. The molecule has 0 spiro atoms. The Bertz CT molecular complexity index is 2710. The van der Waals surface area contributed by atoms with E-state index in [9.17, 15) is 73.2 Å². The molecule has 11 amide bonds. The maximum atomic E-state index is 15.2. The number of H-pyrrole nitrogens is 1. The molecule has 0 bridgehead atoms. The molecule has 1 aromatic carbocycles. The van der Waals surface area contributed by atoms with Gasteiger partial charge in [-0.2, -0.15) is 11.8 Å². The van der Waals surface area contributed by atoms with Gasteiger partial charge in [-0.25, -0.2) is 0 Å². The Hall–Kier alpha value is -6.87. The number of aliphatic hydroxyl groups excluding tert-OH is 4. The number of thioether (sulfide) groups is 1. The minimum absolute atomic E-state index is 0.0748. The number of hydrogen-bond acceptors (Lipinski definition) is 19. The maximum Gasteiger partial charge on any atom is 0.253 e. The van der Waals surface area contributed by atoms with Gasteiger partial charge in [-0.1, -0.05) is 27.2 Å². The lowest BCUT2D eigenvalue weighted by Gasteiger charge is -2.29. The first-order valence-electron chi connectivity index (χ1n) is 26.6. The number of rotatable bonds is 21. The molecule has 1 aromatic heterocycles. The van der Waals surface area contributed by atoms with Gasteiger partial charge in [0.15, 0.2) is 6.04 Å². The predicted octanol–water partition coefficient (Wildman–Crippen LogP) is -5.74. The first-order valence-corrected chi connectivity index (χ1v) is 28.9. The summed E-state index contributed by atoms with van der Waals surface area (Å²) in [7, 11) is 1.42. The summed E-state index contributed by atoms with van der Waals surface area (Å²) in [6.07, 6.45) is -1.93. The van der Waals surface area contributed by atoms with E-state index in [0.29, 0.717) is 48.1 Å². The number of imide groups is 1. The van der Waals surface area contributed by atoms with Crippen LogP contribution in [-0.2, 0) is 76.1 Å². The predicted molar refractivity (Wildman–Crippen MR) is 295 cm³/mol. The average molecular weight is 1190 g/mol. The SMILES string of the molecule is CC[C@H](C)[C@H](NC(=O)CN)C(=O)NCC(=O)N[C@H]1C[S+]([O-])c2[nH]c3c(CSC4CCN(C(=O)CCN5C(=O)C=CC5=O)C4)c(OC)ccc3c2C[C@@H](CO)NC(=O)[C@H]([C@@H](C)[C@@H](O)CO)NC(=O)C[C@@H](O)CNC(=O)[C@H](CC(N)=O)NC1=O. The number of likely N-dealkylation sites (tertiary alicyclic amines) is 1. The summed E-state index contributed by atoms with van der Waals surface area (Å²) in [5.74, 6) is -10.8. The zero-order valence-corrected chi connectivity index (χ0v) is 47.5. The van der Waals surface area contributed by atoms with Crippen LogP contribution in [0.4, 0.5) is 0 Å². The lowest BCUT2D eigenvalue weighted by molar-refractivity contribution is -0.138. The Morgan fingerprint density at radius 3 is 2.32 bits per heavy atom. The molecule has 0 saturated carbocycles. The van der Waals surface area contributed by atoms with E-state index < -0.39 is 176 Å². The quantitative estimate of drug-likeness (QED) is 0.0409. The van der Waals surface area contributed by atoms with Crippen LogP contribution >= 0.6 is 11.8 Å². The number of nitrogens with two attached hydrogens (primary N) is 2. The minimum Gasteiger partial charge on any atom is -0.610 e. The highest BCUT2D eigenvalue weighted by Gasteiger charge is 2.38. The fourth-order valence-electron chi connectivity index (χ4n) is 9.32. The molecular formula is C51H74N12O17S2. The lowest BCUT2D eigenvalue weighted by Crippen LogP contribution is -2.58. The first kappa shape index (κ1) is 65.9. The molecule has 82 heavy (non-hydrogen) atoms. The fourth-order valence-corrected chi connectivity index (χ4v) is 11.9. The first-order chi connectivity index (χ1) is 38.9. The van der Waals surface area contributed by atoms with Crippen molar-refractivity contribution in [2.75, 3.05) is 65.3 Å². The van der Waals surface area contributed by atoms with Crippen molar-refractivity contribution in [2.45, 2.75) is 118 Å². The van der Waals surface area contributed by atoms with Gasteiger partial charge in [-0.05, 0) is 24.5 Å². The summed E-state index contributed by atoms with van der Waals surface area (Å²) in [6, 6.07) is -4.39. The molecule has 3 aliphatic heterocycles. The Balaban J connectivity index is 1.57. The van der Waals surface area contributed by atoms with Gasteiger partial charge in [-0.3, -0.25) is 57.6 Å². The molecule has 29 nitrogen and oxygen atoms in total. The number of carbonyl (C=O) groups excluding carboxylic acids is 11. The van der Waals surface area contributed by atoms with Crippen LogP contribution in [0, 0.1) is 11.8 Å². The van der Waals surface area contributed by atoms with Crippen LogP contribution in [0.5, 0.6) is 5.75 Å². The average Bonchev–Trinajstić information content (AvgIpc) is 4.39. The Kier molecular flexibility index (Phi) is 24.9. The number of ether oxygens (including phenoxy) is 1. The summed E-state index contributed by atoms with van der Waals surface area (Å²) < 4.78 is 21.0. The number of nitrogens with zero attached hydrogens (tertiary/aromatic N) is 2. The molecule has 0 radical (unpaired) electrons. The van der Waals surface area contributed by atoms with E-state index in [1.807, 2.05) is 0 Å². The number of aromatic nitrogens is 1. The van der Waals surface area contributed by atoms with Crippen molar-refractivity contribution < 1.29 is 82.5 Å². The highest BCUT2D eigenvalue weighted by atomic mass is 32.2. The number of aliphatic hydroxyl groups is 4. The van der Waals surface area contributed by atoms with Crippen LogP contribution in [0.15, 0.2) is 29.3 Å². The molecule has 3 aliphatic rings. The van der Waals surface area contributed by atoms with Crippen molar-refractivity contribution in [3.8, 4) is 5.75 Å². The molecule has 2 aromatic rings. The Morgan fingerprint density at radius 2 is 1.68 bits per heavy atom. The number of primary amides is 1. The van der Waals surface area contributed by atoms with Crippen LogP contribution in [-0.4, -0.2) is 218 Å². The highest BCUT2D eigenvalue weighted by molar-refractivity contribution is 7.99. The zero-order chi connectivity index (χ0) is 60.5. The number of methoxy groups -OCH3 is 1. The molecule has 4 heterocycles. The van der Waals surface area contributed by atoms with Gasteiger partial charge in [0.2, 0.25) is 58.2 Å². The van der Waals surface area contributed by atoms with Gasteiger partial charge in [-0.15, -0.1) is 0 Å². The number of nitrogens with one attached hydrogen (secondary N) is 8. The van der Waals surface area contributed by atoms with E-state index in [2.05, 4.69) is 42.2 Å². The maximum absolute atomic E-state index is 15.2. The molecule has 16 N–H and O–H groups in total. The summed E-state index contributed by atoms with van der Waals surface area (Å²) >= 11 is -0.962. The molecule has 5 rings (SSSR count). The van der Waals surface area contributed by atoms with Gasteiger partial charge >= 0.3 is 0 Å². The van der Waals surface area contributed by atoms with E-state index in [1.165, 1.54) is 25.8 Å². The zero-order valence-electron chi connectivity index (χ0n) is 45.9. The molecule has 2 unspecified atom stereocenters. The number of fused-ring (bicyclic) bond motifs is 3. The van der Waals surface area contributed by atoms with Gasteiger partial charge in [0.25, 0.3) is 11.8 Å². The topological polar surface area (TPSA) is 459 Å². The van der Waals surface area contributed by atoms with Gasteiger partial charge in [0.1, 0.15) is 29.6 Å². The van der Waals surface area contributed by atoms with Crippen LogP contribution in [0.1, 0.15) is 64.0 Å². The number of β-amino-alcohol motifs (C(OH)–C–C–N with tert-alkyl or cyclic N) is 1. The molecule has 31 heteroatoms. The Morgan fingerprint density at radius 1 is 0.976 bits per heavy atom. The van der Waals surface area contributed by atoms with Crippen LogP contribution in [0.3, 0.4) is 0 Å². The van der Waals surface area contributed by atoms with Crippen LogP contribution in [0.2, 0.25) is 0 Å². The van der Waals surface area contributed by atoms with Crippen molar-refractivity contribution in [3.05, 3.63) is 35.4 Å². The van der Waals surface area contributed by atoms with Crippen molar-refractivity contribution in [1.82, 2.24) is 52.0 Å². The number of amides is 11. The second-order valence-corrected chi connectivity index (χ2v) is 22.9. The van der Waals surface area contributed by atoms with Crippen molar-refractivity contribution >= 4 is 98.8 Å². The molecule has 11 atom stereocenters. The fraction of sp³-hybridized carbons (Fsp3) is 0.588. The second kappa shape index (κ2) is 31.0. The standard InChI is InChI=1S/C51H74N12O17S2/c1-5-25(2)44(60-39(70)17-52)49(77)55-19-40(71)57-34-24-82(79)51-31(30-6-7-36(80-4)32(46(30)61-51)23-81-29-10-12-62(20-29)41(72)11-13-63-42(73)8-9-43(63)74)14-27(21-64)56-50(78)45(26(3)35(67)22-65)59-38(69)15-28(66)18-54-47(75)33(16-37(53)68)58-48(34)76/h6-9,25-29,33-35,44-45,61,64-67H,5,10-24,52H2,1-4H3,(H2,53,68)(H,54,75)(H,55,77)(H,56,78)(H,57,71)(H,58,76)(H,59,69)(H,60,70)/t25-,26-,27-,28+,29?,33-,34-,35-,44-,45-,82?/m0/s1. The van der Waals surface area contributed by atoms with Crippen molar-refractivity contribution in [2.24, 2.45) is 23.3 Å². The van der Waals surface area contributed by atoms with E-state index in [1.54, 1.807) is 30.9 Å². The monoisotopic (exact) mass is 1190 g/mol. The third-order valence-corrected chi connectivity index (χ3v) is 17.0. The lowest BCUT2D eigenvalue weighted by atomic mass is 9.94. The summed E-state index contributed by atoms with van der Waals surface area (Å²) in [6.45, 7) is 1.93. The summed E-state index contributed by atoms with van der Waals surface area (Å²) in [5, 5.41) is 59.5. The van der Waals surface area contributed by atoms with E-state index >= 15 is 4.55 Å². The number of aromatic amines is 1. The van der Waals surface area contributed by atoms with Crippen molar-refractivity contribution in [1.29, 1.82) is 0 Å². The van der Waals surface area contributed by atoms with Crippen LogP contribution in [0.25, 0.3) is 10.9 Å². The Labute approximate surface area is 479 Å². The summed E-state index contributed by atoms with van der Waals surface area (Å²) in [5.41, 5.74) is 12.0.